The zero-order valence-electron chi connectivity index (χ0n) is 10.5. The van der Waals surface area contributed by atoms with Gasteiger partial charge >= 0.3 is 0 Å². The van der Waals surface area contributed by atoms with Crippen LogP contribution in [0.2, 0.25) is 10.0 Å². The van der Waals surface area contributed by atoms with Crippen molar-refractivity contribution in [3.05, 3.63) is 50.9 Å². The third-order valence-electron chi connectivity index (χ3n) is 2.90. The number of rotatable bonds is 2. The SMILES string of the molecule is Nc1c(Cl)cccc1-c1nnnn1-c1cc(Cl)ccc1Br. The monoisotopic (exact) mass is 383 g/mol. The fraction of sp³-hybridized carbons (Fsp3) is 0. The number of para-hydroxylation sites is 1. The van der Waals surface area contributed by atoms with Gasteiger partial charge < -0.3 is 5.73 Å². The Morgan fingerprint density at radius 1 is 1.14 bits per heavy atom. The predicted octanol–water partition coefficient (Wildman–Crippen LogP) is 3.98. The van der Waals surface area contributed by atoms with Crippen molar-refractivity contribution in [3.63, 3.8) is 0 Å². The number of hydrogen-bond donors (Lipinski definition) is 1. The Labute approximate surface area is 138 Å². The van der Waals surface area contributed by atoms with Crippen molar-refractivity contribution < 1.29 is 0 Å². The molecule has 0 bridgehead atoms. The summed E-state index contributed by atoms with van der Waals surface area (Å²) in [4.78, 5) is 0. The van der Waals surface area contributed by atoms with E-state index in [1.54, 1.807) is 28.9 Å². The standard InChI is InChI=1S/C13H8BrCl2N5/c14-9-5-4-7(15)6-11(9)21-13(18-19-20-21)8-2-1-3-10(16)12(8)17/h1-6H,17H2. The van der Waals surface area contributed by atoms with Crippen LogP contribution in [0.25, 0.3) is 17.1 Å². The lowest BCUT2D eigenvalue weighted by Crippen LogP contribution is -2.03. The van der Waals surface area contributed by atoms with Gasteiger partial charge in [0, 0.05) is 15.1 Å². The number of nitrogens with zero attached hydrogens (tertiary/aromatic N) is 4. The van der Waals surface area contributed by atoms with Crippen LogP contribution in [0, 0.1) is 0 Å². The molecule has 0 radical (unpaired) electrons. The number of nitrogens with two attached hydrogens (primary N) is 1. The lowest BCUT2D eigenvalue weighted by Gasteiger charge is -2.09. The fourth-order valence-corrected chi connectivity index (χ4v) is 2.65. The summed E-state index contributed by atoms with van der Waals surface area (Å²) in [5, 5.41) is 12.8. The van der Waals surface area contributed by atoms with E-state index in [0.29, 0.717) is 32.8 Å². The van der Waals surface area contributed by atoms with E-state index in [1.165, 1.54) is 0 Å². The Morgan fingerprint density at radius 3 is 2.76 bits per heavy atom. The molecule has 1 heterocycles. The Bertz CT molecular complexity index is 802. The van der Waals surface area contributed by atoms with E-state index < -0.39 is 0 Å². The van der Waals surface area contributed by atoms with Gasteiger partial charge in [0.15, 0.2) is 5.82 Å². The minimum atomic E-state index is 0.424. The third kappa shape index (κ3) is 2.62. The maximum atomic E-state index is 6.05. The Hall–Kier alpha value is -1.63. The molecule has 21 heavy (non-hydrogen) atoms. The van der Waals surface area contributed by atoms with Gasteiger partial charge in [0.25, 0.3) is 0 Å². The molecule has 3 rings (SSSR count). The molecule has 0 atom stereocenters. The van der Waals surface area contributed by atoms with Gasteiger partial charge in [0.2, 0.25) is 0 Å². The first-order valence-electron chi connectivity index (χ1n) is 5.86. The molecule has 0 amide bonds. The van der Waals surface area contributed by atoms with Gasteiger partial charge in [-0.05, 0) is 56.7 Å². The molecule has 0 spiro atoms. The zero-order valence-corrected chi connectivity index (χ0v) is 13.6. The van der Waals surface area contributed by atoms with Crippen LogP contribution in [0.1, 0.15) is 0 Å². The second kappa shape index (κ2) is 5.63. The summed E-state index contributed by atoms with van der Waals surface area (Å²) in [7, 11) is 0. The van der Waals surface area contributed by atoms with E-state index in [2.05, 4.69) is 31.5 Å². The molecule has 0 saturated heterocycles. The van der Waals surface area contributed by atoms with Crippen LogP contribution >= 0.6 is 39.1 Å². The van der Waals surface area contributed by atoms with Gasteiger partial charge in [-0.3, -0.25) is 0 Å². The summed E-state index contributed by atoms with van der Waals surface area (Å²) < 4.78 is 2.36. The van der Waals surface area contributed by atoms with Crippen molar-refractivity contribution in [2.75, 3.05) is 5.73 Å². The van der Waals surface area contributed by atoms with E-state index in [0.717, 1.165) is 4.47 Å². The number of hydrogen-bond acceptors (Lipinski definition) is 4. The molecule has 8 heteroatoms. The molecule has 3 aromatic rings. The second-order valence-electron chi connectivity index (χ2n) is 4.21. The van der Waals surface area contributed by atoms with Crippen LogP contribution in [0.15, 0.2) is 40.9 Å². The fourth-order valence-electron chi connectivity index (χ4n) is 1.90. The Kier molecular flexibility index (Phi) is 3.84. The van der Waals surface area contributed by atoms with E-state index in [4.69, 9.17) is 28.9 Å². The van der Waals surface area contributed by atoms with Crippen molar-refractivity contribution in [2.45, 2.75) is 0 Å². The molecule has 2 aromatic carbocycles. The molecule has 1 aromatic heterocycles. The van der Waals surface area contributed by atoms with Crippen LogP contribution in [0.3, 0.4) is 0 Å². The van der Waals surface area contributed by atoms with Crippen LogP contribution < -0.4 is 5.73 Å². The number of aromatic nitrogens is 4. The maximum absolute atomic E-state index is 6.05. The summed E-state index contributed by atoms with van der Waals surface area (Å²) >= 11 is 15.6. The normalized spacial score (nSPS) is 10.8. The largest absolute Gasteiger partial charge is 0.397 e. The first-order chi connectivity index (χ1) is 10.1. The van der Waals surface area contributed by atoms with Crippen molar-refractivity contribution in [3.8, 4) is 17.1 Å². The van der Waals surface area contributed by atoms with Gasteiger partial charge in [0.1, 0.15) is 0 Å². The summed E-state index contributed by atoms with van der Waals surface area (Å²) in [6, 6.07) is 10.7. The van der Waals surface area contributed by atoms with E-state index in [9.17, 15) is 0 Å². The number of halogens is 3. The molecule has 2 N–H and O–H groups in total. The third-order valence-corrected chi connectivity index (χ3v) is 4.13. The number of anilines is 1. The van der Waals surface area contributed by atoms with Gasteiger partial charge in [-0.2, -0.15) is 4.68 Å². The van der Waals surface area contributed by atoms with Crippen molar-refractivity contribution in [1.82, 2.24) is 20.2 Å². The minimum absolute atomic E-state index is 0.424. The highest BCUT2D eigenvalue weighted by atomic mass is 79.9. The first kappa shape index (κ1) is 14.3. The molecular weight excluding hydrogens is 377 g/mol. The van der Waals surface area contributed by atoms with E-state index in [1.807, 2.05) is 12.1 Å². The lowest BCUT2D eigenvalue weighted by molar-refractivity contribution is 0.789. The van der Waals surface area contributed by atoms with Crippen molar-refractivity contribution >= 4 is 44.8 Å². The summed E-state index contributed by atoms with van der Waals surface area (Å²) in [6.45, 7) is 0. The Morgan fingerprint density at radius 2 is 1.95 bits per heavy atom. The highest BCUT2D eigenvalue weighted by molar-refractivity contribution is 9.10. The van der Waals surface area contributed by atoms with Gasteiger partial charge in [0.05, 0.1) is 16.4 Å². The molecule has 0 aliphatic carbocycles. The quantitative estimate of drug-likeness (QED) is 0.678. The number of tetrazole rings is 1. The first-order valence-corrected chi connectivity index (χ1v) is 7.41. The highest BCUT2D eigenvalue weighted by Crippen LogP contribution is 2.32. The molecule has 0 unspecified atom stereocenters. The average Bonchev–Trinajstić information content (AvgIpc) is 2.93. The minimum Gasteiger partial charge on any atom is -0.397 e. The van der Waals surface area contributed by atoms with Crippen LogP contribution in [0.5, 0.6) is 0 Å². The predicted molar refractivity (Wildman–Crippen MR) is 86.7 cm³/mol. The van der Waals surface area contributed by atoms with Crippen molar-refractivity contribution in [2.24, 2.45) is 0 Å². The van der Waals surface area contributed by atoms with Crippen LogP contribution in [0.4, 0.5) is 5.69 Å². The second-order valence-corrected chi connectivity index (χ2v) is 5.91. The van der Waals surface area contributed by atoms with E-state index in [-0.39, 0.29) is 0 Å². The topological polar surface area (TPSA) is 69.6 Å². The molecule has 0 fully saturated rings. The molecule has 106 valence electrons. The van der Waals surface area contributed by atoms with Gasteiger partial charge in [-0.15, -0.1) is 5.10 Å². The molecule has 0 aliphatic heterocycles. The van der Waals surface area contributed by atoms with Gasteiger partial charge in [-0.1, -0.05) is 29.3 Å². The molecule has 0 saturated carbocycles. The number of benzene rings is 2. The van der Waals surface area contributed by atoms with E-state index >= 15 is 0 Å². The summed E-state index contributed by atoms with van der Waals surface area (Å²) in [6.07, 6.45) is 0. The number of nitrogen functional groups attached to an aromatic ring is 1. The lowest BCUT2D eigenvalue weighted by atomic mass is 10.1. The maximum Gasteiger partial charge on any atom is 0.189 e. The van der Waals surface area contributed by atoms with Crippen molar-refractivity contribution in [1.29, 1.82) is 0 Å². The summed E-state index contributed by atoms with van der Waals surface area (Å²) in [5.74, 6) is 0.484. The van der Waals surface area contributed by atoms with Gasteiger partial charge in [-0.25, -0.2) is 0 Å². The Balaban J connectivity index is 2.22. The molecule has 0 aliphatic rings. The summed E-state index contributed by atoms with van der Waals surface area (Å²) in [5.41, 5.74) is 7.80. The zero-order chi connectivity index (χ0) is 15.0. The smallest absolute Gasteiger partial charge is 0.189 e. The molecular formula is C13H8BrCl2N5. The average molecular weight is 385 g/mol. The van der Waals surface area contributed by atoms with Crippen LogP contribution in [-0.2, 0) is 0 Å². The van der Waals surface area contributed by atoms with Crippen LogP contribution in [-0.4, -0.2) is 20.2 Å². The molecule has 5 nitrogen and oxygen atoms in total. The highest BCUT2D eigenvalue weighted by Gasteiger charge is 2.16.